The fourth-order valence-electron chi connectivity index (χ4n) is 13.9. The number of carbonyl (C=O) groups excluding carboxylic acids is 6. The first-order valence-electron chi connectivity index (χ1n) is 33.5. The third-order valence-electron chi connectivity index (χ3n) is 18.8. The molecule has 14 heterocycles. The van der Waals surface area contributed by atoms with Gasteiger partial charge < -0.3 is 9.84 Å². The van der Waals surface area contributed by atoms with Crippen LogP contribution in [0.5, 0.6) is 5.75 Å². The number of phenols is 1. The lowest BCUT2D eigenvalue weighted by Crippen LogP contribution is -2.36. The van der Waals surface area contributed by atoms with Crippen LogP contribution >= 0.6 is 38.5 Å². The lowest BCUT2D eigenvalue weighted by Gasteiger charge is -2.26. The average Bonchev–Trinajstić information content (AvgIpc) is 1.60. The van der Waals surface area contributed by atoms with Gasteiger partial charge in [0.2, 0.25) is 0 Å². The molecule has 0 spiro atoms. The van der Waals surface area contributed by atoms with E-state index in [2.05, 4.69) is 91.1 Å². The number of halogens is 2. The summed E-state index contributed by atoms with van der Waals surface area (Å²) in [6.45, 7) is 7.28. The maximum absolute atomic E-state index is 12.4. The van der Waals surface area contributed by atoms with E-state index in [9.17, 15) is 44.0 Å². The first-order valence-corrected chi connectivity index (χ1v) is 35.4. The van der Waals surface area contributed by atoms with E-state index in [0.29, 0.717) is 71.2 Å². The van der Waals surface area contributed by atoms with Gasteiger partial charge in [-0.3, -0.25) is 48.7 Å². The van der Waals surface area contributed by atoms with Gasteiger partial charge in [0.15, 0.2) is 34.7 Å². The monoisotopic (exact) mass is 1550 g/mol. The number of ether oxygens (including phenoxy) is 1. The van der Waals surface area contributed by atoms with Crippen molar-refractivity contribution in [3.8, 4) is 5.75 Å². The summed E-state index contributed by atoms with van der Waals surface area (Å²) in [6, 6.07) is 44.9. The molecule has 0 aliphatic carbocycles. The van der Waals surface area contributed by atoms with Crippen molar-refractivity contribution < 1.29 is 43.5 Å². The van der Waals surface area contributed by atoms with Crippen LogP contribution in [0.25, 0.3) is 65.4 Å². The Labute approximate surface area is 608 Å². The Balaban J connectivity index is 0.000000100. The highest BCUT2D eigenvalue weighted by molar-refractivity contribution is 14.1. The molecule has 0 amide bonds. The molecule has 2 saturated heterocycles. The number of non-ortho nitro benzene ring substituents is 1. The largest absolute Gasteiger partial charge is 0.507 e. The van der Waals surface area contributed by atoms with E-state index in [1.165, 1.54) is 41.3 Å². The molecule has 20 rings (SSSR count). The molecule has 103 heavy (non-hydrogen) atoms. The minimum absolute atomic E-state index is 0.0110. The molecule has 27 heteroatoms. The summed E-state index contributed by atoms with van der Waals surface area (Å²) in [7, 11) is 0. The summed E-state index contributed by atoms with van der Waals surface area (Å²) in [4.78, 5) is 86.2. The number of hydrogen-bond donors (Lipinski definition) is 1. The summed E-state index contributed by atoms with van der Waals surface area (Å²) in [6.07, 6.45) is 14.6. The molecule has 0 radical (unpaired) electrons. The van der Waals surface area contributed by atoms with E-state index in [0.717, 1.165) is 127 Å². The zero-order valence-electron chi connectivity index (χ0n) is 55.2. The van der Waals surface area contributed by atoms with Crippen LogP contribution in [0, 0.1) is 13.7 Å². The number of likely N-dealkylation sites (tertiary alicyclic amines) is 1. The van der Waals surface area contributed by atoms with Crippen molar-refractivity contribution in [3.63, 3.8) is 0 Å². The first kappa shape index (κ1) is 67.7. The topological polar surface area (TPSA) is 285 Å². The molecule has 0 bridgehead atoms. The number of ketones is 6. The van der Waals surface area contributed by atoms with Crippen molar-refractivity contribution in [3.05, 3.63) is 209 Å². The quantitative estimate of drug-likeness (QED) is 0.0956. The second-order valence-corrected chi connectivity index (χ2v) is 27.2. The number of rotatable bonds is 5. The van der Waals surface area contributed by atoms with E-state index >= 15 is 0 Å². The number of carbonyl (C=O) groups is 6. The van der Waals surface area contributed by atoms with E-state index in [1.807, 2.05) is 95.7 Å². The Morgan fingerprint density at radius 2 is 0.825 bits per heavy atom. The molecule has 2 fully saturated rings. The molecule has 516 valence electrons. The fraction of sp³-hybridized carbons (Fsp3) is 0.211. The Bertz CT molecular complexity index is 5450. The van der Waals surface area contributed by atoms with Crippen LogP contribution in [0.3, 0.4) is 0 Å². The molecule has 8 aliphatic heterocycles. The van der Waals surface area contributed by atoms with Gasteiger partial charge in [0.25, 0.3) is 5.69 Å². The van der Waals surface area contributed by atoms with Crippen LogP contribution in [-0.2, 0) is 17.8 Å². The number of para-hydroxylation sites is 2. The van der Waals surface area contributed by atoms with Gasteiger partial charge in [-0.05, 0) is 127 Å². The minimum Gasteiger partial charge on any atom is -0.507 e. The van der Waals surface area contributed by atoms with Gasteiger partial charge in [0.1, 0.15) is 39.9 Å². The van der Waals surface area contributed by atoms with Crippen LogP contribution in [0.4, 0.5) is 5.69 Å². The van der Waals surface area contributed by atoms with Gasteiger partial charge in [-0.2, -0.15) is 30.6 Å². The second kappa shape index (κ2) is 29.1. The van der Waals surface area contributed by atoms with Crippen molar-refractivity contribution in [2.45, 2.75) is 64.5 Å². The molecule has 8 aliphatic rings. The van der Waals surface area contributed by atoms with Crippen molar-refractivity contribution in [2.75, 3.05) is 39.4 Å². The van der Waals surface area contributed by atoms with Crippen LogP contribution in [0.2, 0.25) is 0 Å². The van der Waals surface area contributed by atoms with Gasteiger partial charge in [-0.25, -0.2) is 28.1 Å². The summed E-state index contributed by atoms with van der Waals surface area (Å²) >= 11 is 5.74. The molecule has 6 aromatic heterocycles. The molecule has 12 aromatic rings. The Morgan fingerprint density at radius 3 is 1.35 bits per heavy atom. The van der Waals surface area contributed by atoms with Crippen LogP contribution < -0.4 is 0 Å². The number of nitrogens with zero attached hydrogens (tertiary/aromatic N) is 15. The number of phenolic OH excluding ortho intramolecular Hbond substituents is 1. The van der Waals surface area contributed by atoms with E-state index in [-0.39, 0.29) is 52.6 Å². The normalized spacial score (nSPS) is 16.3. The smallest absolute Gasteiger partial charge is 0.270 e. The van der Waals surface area contributed by atoms with Crippen molar-refractivity contribution >= 4 is 182 Å². The molecular formula is C76H63BrIN15O10. The highest BCUT2D eigenvalue weighted by Crippen LogP contribution is 2.35. The third kappa shape index (κ3) is 13.2. The van der Waals surface area contributed by atoms with Gasteiger partial charge in [-0.1, -0.05) is 70.5 Å². The van der Waals surface area contributed by atoms with E-state index in [4.69, 9.17) is 4.74 Å². The summed E-state index contributed by atoms with van der Waals surface area (Å²) in [5.74, 6) is 0.775. The summed E-state index contributed by atoms with van der Waals surface area (Å²) in [5, 5.41) is 51.6. The Kier molecular flexibility index (Phi) is 19.1. The Hall–Kier alpha value is -11.1. The fourth-order valence-corrected chi connectivity index (χ4v) is 15.0. The highest BCUT2D eigenvalue weighted by atomic mass is 127. The van der Waals surface area contributed by atoms with Gasteiger partial charge in [-0.15, -0.1) is 0 Å². The number of nitro benzene ring substituents is 1. The van der Waals surface area contributed by atoms with Crippen molar-refractivity contribution in [2.24, 2.45) is 30.6 Å². The number of hydrogen-bond acceptors (Lipinski definition) is 18. The first-order chi connectivity index (χ1) is 50.2. The molecule has 6 aromatic carbocycles. The molecular weight excluding hydrogens is 1490 g/mol. The van der Waals surface area contributed by atoms with Crippen molar-refractivity contribution in [1.29, 1.82) is 0 Å². The number of aromatic nitrogens is 6. The number of fused-ring (bicyclic) bond motifs is 18. The molecule has 0 saturated carbocycles. The lowest BCUT2D eigenvalue weighted by atomic mass is 10.1. The van der Waals surface area contributed by atoms with Crippen LogP contribution in [-0.4, -0.2) is 159 Å². The zero-order valence-corrected chi connectivity index (χ0v) is 59.0. The summed E-state index contributed by atoms with van der Waals surface area (Å²) < 4.78 is 17.7. The van der Waals surface area contributed by atoms with Gasteiger partial charge in [0.05, 0.1) is 51.2 Å². The maximum Gasteiger partial charge on any atom is 0.270 e. The lowest BCUT2D eigenvalue weighted by molar-refractivity contribution is -0.384. The number of Topliss-reactive ketones (excluding diaryl/α,β-unsaturated/α-hetero) is 6. The van der Waals surface area contributed by atoms with E-state index < -0.39 is 4.92 Å². The van der Waals surface area contributed by atoms with Gasteiger partial charge >= 0.3 is 0 Å². The molecule has 0 atom stereocenters. The minimum atomic E-state index is -0.457. The Morgan fingerprint density at radius 1 is 0.427 bits per heavy atom. The number of nitro groups is 1. The maximum atomic E-state index is 12.4. The third-order valence-corrected chi connectivity index (χ3v) is 20.4. The standard InChI is InChI=1S/C16H17N3O2.C16H17N3O.C11H7BrN2O.C11H7IN2O.C11H7N3O3.C11H8N2O2/c20-15-5-6-17-19-14-4-2-1-3-12(14)13(16(15)19)11-18-7-9-21-10-8-18;20-15-7-8-17-19-14-6-2-1-5-12(14)13(16(15)19)11-18-9-3-4-10-18;2*12-8-2-1-3-9-7(8)6-10-11(15)4-5-13-14(9)10;15-11-3-4-12-13-9-2-1-8(14(16)17)5-7(9)6-10(11)13;14-10-3-1-2-8-7(10)6-9-11(15)4-5-12-13(8)9/h1-4,6H,5,7-11H2;1-2,5-6,8H,3-4,7,9-11H2;2*1-3,5-6H,4H2;1-2,4-6H,3H2;1-3,5-6,14H,4H2. The predicted octanol–water partition coefficient (Wildman–Crippen LogP) is 13.8. The van der Waals surface area contributed by atoms with Crippen molar-refractivity contribution in [1.82, 2.24) is 37.9 Å². The highest BCUT2D eigenvalue weighted by Gasteiger charge is 2.30. The number of benzene rings is 6. The van der Waals surface area contributed by atoms with Gasteiger partial charge in [0, 0.05) is 166 Å². The average molecular weight is 1550 g/mol. The predicted molar refractivity (Wildman–Crippen MR) is 408 cm³/mol. The van der Waals surface area contributed by atoms with Crippen LogP contribution in [0.1, 0.15) is 125 Å². The second-order valence-electron chi connectivity index (χ2n) is 25.2. The van der Waals surface area contributed by atoms with Crippen LogP contribution in [0.15, 0.2) is 181 Å². The molecule has 0 unspecified atom stereocenters. The van der Waals surface area contributed by atoms with E-state index in [1.54, 1.807) is 80.1 Å². The number of aromatic hydroxyl groups is 1. The zero-order chi connectivity index (χ0) is 71.0. The number of morpholine rings is 1. The summed E-state index contributed by atoms with van der Waals surface area (Å²) in [5.41, 5.74) is 11.7. The SMILES string of the molecule is O=C1CC=Nn2c1c(CN1CCCC1)c1ccccc12.O=C1CC=Nn2c1c(CN1CCOCC1)c1ccccc12.O=C1CC=Nn2c1cc1c(Br)cccc12.O=C1CC=Nn2c1cc1c(I)cccc12.O=C1CC=Nn2c1cc1c(O)cccc12.O=C1CC=Nn2c1cc1cc([N+](=O)[O-])ccc12. The molecule has 25 nitrogen and oxygen atoms in total. The molecule has 1 N–H and O–H groups in total.